The smallest absolute Gasteiger partial charge is 0.305 e. The van der Waals surface area contributed by atoms with Crippen LogP contribution in [0.2, 0.25) is 0 Å². The van der Waals surface area contributed by atoms with Gasteiger partial charge in [0.2, 0.25) is 6.41 Å². The summed E-state index contributed by atoms with van der Waals surface area (Å²) in [5, 5.41) is 1.08. The van der Waals surface area contributed by atoms with E-state index in [1.807, 2.05) is 12.1 Å². The summed E-state index contributed by atoms with van der Waals surface area (Å²) in [6, 6.07) is 3.93. The third kappa shape index (κ3) is 4.66. The standard InChI is InChI=1S/C19H25NO5S/c1-13-15(11-20(12-21)8-6-5-7-19(22)25-4)14-9-16(23-2)17(24-3)10-18(14)26-13/h9-10,12H,5-8,11H2,1-4H3. The zero-order chi connectivity index (χ0) is 19.1. The van der Waals surface area contributed by atoms with E-state index in [4.69, 9.17) is 9.47 Å². The molecule has 0 bridgehead atoms. The molecule has 0 fully saturated rings. The number of aryl methyl sites for hydroxylation is 1. The van der Waals surface area contributed by atoms with Crippen molar-refractivity contribution in [1.82, 2.24) is 4.90 Å². The highest BCUT2D eigenvalue weighted by Crippen LogP contribution is 2.39. The van der Waals surface area contributed by atoms with Crippen LogP contribution in [0.3, 0.4) is 0 Å². The minimum atomic E-state index is -0.219. The summed E-state index contributed by atoms with van der Waals surface area (Å²) >= 11 is 1.68. The zero-order valence-electron chi connectivity index (χ0n) is 15.7. The molecule has 0 atom stereocenters. The molecule has 0 radical (unpaired) electrons. The van der Waals surface area contributed by atoms with Crippen molar-refractivity contribution in [1.29, 1.82) is 0 Å². The molecule has 0 spiro atoms. The molecule has 0 aliphatic heterocycles. The molecular formula is C19H25NO5S. The van der Waals surface area contributed by atoms with Gasteiger partial charge in [-0.2, -0.15) is 0 Å². The van der Waals surface area contributed by atoms with Gasteiger partial charge < -0.3 is 19.1 Å². The van der Waals surface area contributed by atoms with Crippen LogP contribution in [0, 0.1) is 6.92 Å². The predicted molar refractivity (Wildman–Crippen MR) is 102 cm³/mol. The molecule has 2 aromatic rings. The van der Waals surface area contributed by atoms with E-state index in [2.05, 4.69) is 11.7 Å². The van der Waals surface area contributed by atoms with Crippen LogP contribution in [0.5, 0.6) is 11.5 Å². The van der Waals surface area contributed by atoms with Gasteiger partial charge >= 0.3 is 5.97 Å². The minimum Gasteiger partial charge on any atom is -0.493 e. The Labute approximate surface area is 157 Å². The van der Waals surface area contributed by atoms with Crippen LogP contribution < -0.4 is 9.47 Å². The summed E-state index contributed by atoms with van der Waals surface area (Å²) in [6.45, 7) is 3.19. The minimum absolute atomic E-state index is 0.219. The fraction of sp³-hybridized carbons (Fsp3) is 0.474. The van der Waals surface area contributed by atoms with Gasteiger partial charge in [0.15, 0.2) is 11.5 Å². The maximum absolute atomic E-state index is 11.5. The largest absolute Gasteiger partial charge is 0.493 e. The molecule has 6 nitrogen and oxygen atoms in total. The Bertz CT molecular complexity index is 771. The van der Waals surface area contributed by atoms with Crippen molar-refractivity contribution >= 4 is 33.8 Å². The number of hydrogen-bond acceptors (Lipinski definition) is 6. The number of fused-ring (bicyclic) bond motifs is 1. The lowest BCUT2D eigenvalue weighted by Gasteiger charge is -2.18. The third-order valence-corrected chi connectivity index (χ3v) is 5.42. The Balaban J connectivity index is 2.13. The van der Waals surface area contributed by atoms with Crippen LogP contribution in [-0.2, 0) is 20.9 Å². The van der Waals surface area contributed by atoms with E-state index >= 15 is 0 Å². The molecule has 0 saturated carbocycles. The molecule has 2 rings (SSSR count). The molecule has 1 aromatic carbocycles. The lowest BCUT2D eigenvalue weighted by molar-refractivity contribution is -0.140. The van der Waals surface area contributed by atoms with Gasteiger partial charge in [0.25, 0.3) is 0 Å². The summed E-state index contributed by atoms with van der Waals surface area (Å²) < 4.78 is 16.5. The molecule has 26 heavy (non-hydrogen) atoms. The Morgan fingerprint density at radius 3 is 2.46 bits per heavy atom. The second-order valence-electron chi connectivity index (χ2n) is 5.95. The van der Waals surface area contributed by atoms with Crippen LogP contribution in [-0.4, -0.2) is 45.2 Å². The first-order chi connectivity index (χ1) is 12.5. The predicted octanol–water partition coefficient (Wildman–Crippen LogP) is 3.53. The lowest BCUT2D eigenvalue weighted by Crippen LogP contribution is -2.23. The molecule has 7 heteroatoms. The monoisotopic (exact) mass is 379 g/mol. The van der Waals surface area contributed by atoms with Crippen LogP contribution in [0.15, 0.2) is 12.1 Å². The quantitative estimate of drug-likeness (QED) is 0.359. The van der Waals surface area contributed by atoms with Crippen LogP contribution in [0.4, 0.5) is 0 Å². The van der Waals surface area contributed by atoms with Crippen molar-refractivity contribution in [2.45, 2.75) is 32.7 Å². The number of rotatable bonds is 10. The number of esters is 1. The number of hydrogen-bond donors (Lipinski definition) is 0. The van der Waals surface area contributed by atoms with Crippen molar-refractivity contribution in [3.05, 3.63) is 22.6 Å². The van der Waals surface area contributed by atoms with E-state index in [0.29, 0.717) is 37.4 Å². The molecule has 0 N–H and O–H groups in total. The number of amides is 1. The number of thiophene rings is 1. The molecule has 0 unspecified atom stereocenters. The number of methoxy groups -OCH3 is 3. The average Bonchev–Trinajstić information content (AvgIpc) is 2.96. The van der Waals surface area contributed by atoms with E-state index < -0.39 is 0 Å². The highest BCUT2D eigenvalue weighted by Gasteiger charge is 2.16. The van der Waals surface area contributed by atoms with Crippen LogP contribution in [0.25, 0.3) is 10.1 Å². The summed E-state index contributed by atoms with van der Waals surface area (Å²) in [5.41, 5.74) is 1.12. The van der Waals surface area contributed by atoms with Crippen molar-refractivity contribution in [2.75, 3.05) is 27.9 Å². The second-order valence-corrected chi connectivity index (χ2v) is 7.21. The SMILES string of the molecule is COC(=O)CCCCN(C=O)Cc1c(C)sc2cc(OC)c(OC)cc12. The molecule has 0 aliphatic rings. The molecule has 0 aliphatic carbocycles. The Hall–Kier alpha value is -2.28. The van der Waals surface area contributed by atoms with Gasteiger partial charge in [-0.25, -0.2) is 0 Å². The number of benzene rings is 1. The number of unbranched alkanes of at least 4 members (excludes halogenated alkanes) is 1. The summed E-state index contributed by atoms with van der Waals surface area (Å²) in [6.07, 6.45) is 2.69. The first kappa shape index (κ1) is 20.0. The van der Waals surface area contributed by atoms with Gasteiger partial charge in [-0.15, -0.1) is 11.3 Å². The molecule has 1 aromatic heterocycles. The molecule has 1 heterocycles. The van der Waals surface area contributed by atoms with E-state index in [9.17, 15) is 9.59 Å². The van der Waals surface area contributed by atoms with Gasteiger partial charge in [0.05, 0.1) is 21.3 Å². The van der Waals surface area contributed by atoms with E-state index in [1.165, 1.54) is 7.11 Å². The van der Waals surface area contributed by atoms with Gasteiger partial charge in [-0.05, 0) is 31.4 Å². The first-order valence-electron chi connectivity index (χ1n) is 8.44. The van der Waals surface area contributed by atoms with Gasteiger partial charge in [-0.3, -0.25) is 9.59 Å². The van der Waals surface area contributed by atoms with Crippen LogP contribution in [0.1, 0.15) is 29.7 Å². The third-order valence-electron chi connectivity index (χ3n) is 4.31. The fourth-order valence-corrected chi connectivity index (χ4v) is 3.94. The summed E-state index contributed by atoms with van der Waals surface area (Å²) in [7, 11) is 4.61. The molecule has 0 saturated heterocycles. The maximum Gasteiger partial charge on any atom is 0.305 e. The highest BCUT2D eigenvalue weighted by molar-refractivity contribution is 7.19. The summed E-state index contributed by atoms with van der Waals surface area (Å²) in [4.78, 5) is 25.5. The normalized spacial score (nSPS) is 10.6. The number of carbonyl (C=O) groups excluding carboxylic acids is 2. The van der Waals surface area contributed by atoms with Gasteiger partial charge in [-0.1, -0.05) is 0 Å². The Morgan fingerprint density at radius 2 is 1.85 bits per heavy atom. The Morgan fingerprint density at radius 1 is 1.15 bits per heavy atom. The number of carbonyl (C=O) groups is 2. The first-order valence-corrected chi connectivity index (χ1v) is 9.25. The number of nitrogens with zero attached hydrogens (tertiary/aromatic N) is 1. The highest BCUT2D eigenvalue weighted by atomic mass is 32.1. The molecule has 142 valence electrons. The zero-order valence-corrected chi connectivity index (χ0v) is 16.5. The maximum atomic E-state index is 11.5. The topological polar surface area (TPSA) is 65.1 Å². The van der Waals surface area contributed by atoms with Crippen molar-refractivity contribution in [3.63, 3.8) is 0 Å². The van der Waals surface area contributed by atoms with Crippen molar-refractivity contribution in [3.8, 4) is 11.5 Å². The molecular weight excluding hydrogens is 354 g/mol. The van der Waals surface area contributed by atoms with Crippen molar-refractivity contribution in [2.24, 2.45) is 0 Å². The lowest BCUT2D eigenvalue weighted by atomic mass is 10.1. The van der Waals surface area contributed by atoms with E-state index in [-0.39, 0.29) is 5.97 Å². The van der Waals surface area contributed by atoms with Gasteiger partial charge in [0, 0.05) is 40.5 Å². The van der Waals surface area contributed by atoms with Gasteiger partial charge in [0.1, 0.15) is 0 Å². The fourth-order valence-electron chi connectivity index (χ4n) is 2.85. The average molecular weight is 379 g/mol. The van der Waals surface area contributed by atoms with E-state index in [0.717, 1.165) is 33.4 Å². The number of ether oxygens (including phenoxy) is 3. The Kier molecular flexibility index (Phi) is 7.26. The second kappa shape index (κ2) is 9.43. The summed E-state index contributed by atoms with van der Waals surface area (Å²) in [5.74, 6) is 1.15. The van der Waals surface area contributed by atoms with Crippen LogP contribution >= 0.6 is 11.3 Å². The van der Waals surface area contributed by atoms with E-state index in [1.54, 1.807) is 30.5 Å². The van der Waals surface area contributed by atoms with Crippen molar-refractivity contribution < 1.29 is 23.8 Å². The molecule has 1 amide bonds.